The maximum Gasteiger partial charge on any atom is 0.203 e. The van der Waals surface area contributed by atoms with Crippen LogP contribution in [0.15, 0.2) is 54.7 Å². The van der Waals surface area contributed by atoms with Gasteiger partial charge in [-0.25, -0.2) is 12.7 Å². The highest BCUT2D eigenvalue weighted by Crippen LogP contribution is 2.29. The van der Waals surface area contributed by atoms with Gasteiger partial charge in [-0.2, -0.15) is 0 Å². The van der Waals surface area contributed by atoms with E-state index in [-0.39, 0.29) is 0 Å². The molecule has 0 fully saturated rings. The fourth-order valence-corrected chi connectivity index (χ4v) is 2.90. The fraction of sp³-hybridized carbons (Fsp3) is 0.167. The second-order valence-corrected chi connectivity index (χ2v) is 6.65. The highest BCUT2D eigenvalue weighted by Gasteiger charge is 2.07. The molecule has 2 aromatic carbocycles. The Kier molecular flexibility index (Phi) is 4.78. The first kappa shape index (κ1) is 16.4. The number of aromatic nitrogens is 1. The van der Waals surface area contributed by atoms with Crippen LogP contribution in [0, 0.1) is 0 Å². The van der Waals surface area contributed by atoms with Crippen LogP contribution in [0.5, 0.6) is 5.75 Å². The normalized spacial score (nSPS) is 11.3. The van der Waals surface area contributed by atoms with E-state index in [0.717, 1.165) is 33.3 Å². The van der Waals surface area contributed by atoms with Crippen molar-refractivity contribution in [2.45, 2.75) is 6.54 Å². The maximum atomic E-state index is 10.9. The predicted octanol–water partition coefficient (Wildman–Crippen LogP) is 2.87. The average Bonchev–Trinajstić information content (AvgIpc) is 2.61. The van der Waals surface area contributed by atoms with Gasteiger partial charge in [-0.15, -0.1) is 0 Å². The molecule has 3 rings (SSSR count). The zero-order chi connectivity index (χ0) is 17.1. The predicted molar refractivity (Wildman–Crippen MR) is 95.5 cm³/mol. The number of ether oxygens (including phenoxy) is 1. The summed E-state index contributed by atoms with van der Waals surface area (Å²) >= 11 is 0. The summed E-state index contributed by atoms with van der Waals surface area (Å²) in [5, 5.41) is 1.05. The van der Waals surface area contributed by atoms with Crippen molar-refractivity contribution in [3.05, 3.63) is 60.3 Å². The third-order valence-corrected chi connectivity index (χ3v) is 4.60. The number of methoxy groups -OCH3 is 1. The third kappa shape index (κ3) is 3.39. The minimum absolute atomic E-state index is 0.368. The summed E-state index contributed by atoms with van der Waals surface area (Å²) in [5.41, 5.74) is 3.96. The van der Waals surface area contributed by atoms with Crippen molar-refractivity contribution in [1.29, 1.82) is 0 Å². The standard InChI is InChI=1S/C18H18N2O3S/c1-20(24(21)22)12-13-3-5-14(6-4-13)16-9-10-19-18-11-15(23-2)7-8-17(16)18/h3-11,24H,12H2,1-2H3. The number of hydrogen-bond donors (Lipinski definition) is 1. The molecule has 6 heteroatoms. The molecule has 1 heterocycles. The SMILES string of the molecule is COc1ccc2c(-c3ccc(CN(C)[SH](=O)=O)cc3)ccnc2c1. The first-order valence-corrected chi connectivity index (χ1v) is 8.59. The van der Waals surface area contributed by atoms with Gasteiger partial charge in [-0.3, -0.25) is 4.98 Å². The van der Waals surface area contributed by atoms with Crippen LogP contribution < -0.4 is 4.74 Å². The number of benzene rings is 2. The molecule has 1 aromatic heterocycles. The summed E-state index contributed by atoms with van der Waals surface area (Å²) < 4.78 is 28.4. The summed E-state index contributed by atoms with van der Waals surface area (Å²) in [6.45, 7) is 0.368. The topological polar surface area (TPSA) is 59.5 Å². The Morgan fingerprint density at radius 2 is 1.83 bits per heavy atom. The van der Waals surface area contributed by atoms with E-state index in [9.17, 15) is 8.42 Å². The second-order valence-electron chi connectivity index (χ2n) is 5.49. The Labute approximate surface area is 142 Å². The van der Waals surface area contributed by atoms with E-state index < -0.39 is 10.9 Å². The number of hydrogen-bond acceptors (Lipinski definition) is 4. The lowest BCUT2D eigenvalue weighted by Crippen LogP contribution is -2.15. The van der Waals surface area contributed by atoms with Gasteiger partial charge in [0.25, 0.3) is 0 Å². The minimum atomic E-state index is -2.55. The molecule has 0 amide bonds. The summed E-state index contributed by atoms with van der Waals surface area (Å²) in [5.74, 6) is 0.775. The summed E-state index contributed by atoms with van der Waals surface area (Å²) in [4.78, 5) is 4.40. The molecule has 0 radical (unpaired) electrons. The maximum absolute atomic E-state index is 10.9. The Hall–Kier alpha value is -2.44. The van der Waals surface area contributed by atoms with Crippen molar-refractivity contribution < 1.29 is 13.2 Å². The van der Waals surface area contributed by atoms with Crippen LogP contribution in [0.25, 0.3) is 22.0 Å². The highest BCUT2D eigenvalue weighted by molar-refractivity contribution is 7.69. The second kappa shape index (κ2) is 6.98. The lowest BCUT2D eigenvalue weighted by atomic mass is 10.00. The van der Waals surface area contributed by atoms with E-state index >= 15 is 0 Å². The number of rotatable bonds is 5. The molecule has 0 saturated heterocycles. The van der Waals surface area contributed by atoms with Gasteiger partial charge in [-0.1, -0.05) is 24.3 Å². The van der Waals surface area contributed by atoms with Crippen molar-refractivity contribution >= 4 is 21.8 Å². The summed E-state index contributed by atoms with van der Waals surface area (Å²) in [6.07, 6.45) is 1.78. The lowest BCUT2D eigenvalue weighted by Gasteiger charge is -2.11. The Morgan fingerprint density at radius 1 is 1.08 bits per heavy atom. The highest BCUT2D eigenvalue weighted by atomic mass is 32.2. The summed E-state index contributed by atoms with van der Waals surface area (Å²) in [7, 11) is 0.642. The van der Waals surface area contributed by atoms with E-state index in [4.69, 9.17) is 4.74 Å². The molecule has 3 aromatic rings. The number of fused-ring (bicyclic) bond motifs is 1. The van der Waals surface area contributed by atoms with E-state index in [0.29, 0.717) is 6.54 Å². The van der Waals surface area contributed by atoms with Crippen molar-refractivity contribution in [2.75, 3.05) is 14.2 Å². The van der Waals surface area contributed by atoms with Crippen LogP contribution in [0.2, 0.25) is 0 Å². The minimum Gasteiger partial charge on any atom is -0.497 e. The molecule has 24 heavy (non-hydrogen) atoms. The first-order chi connectivity index (χ1) is 11.6. The van der Waals surface area contributed by atoms with Crippen molar-refractivity contribution in [3.63, 3.8) is 0 Å². The van der Waals surface area contributed by atoms with E-state index in [1.165, 1.54) is 4.31 Å². The molecule has 0 atom stereocenters. The molecule has 124 valence electrons. The van der Waals surface area contributed by atoms with E-state index in [1.807, 2.05) is 48.5 Å². The van der Waals surface area contributed by atoms with Crippen molar-refractivity contribution in [2.24, 2.45) is 0 Å². The van der Waals surface area contributed by atoms with Gasteiger partial charge in [0.2, 0.25) is 10.9 Å². The van der Waals surface area contributed by atoms with Crippen molar-refractivity contribution in [1.82, 2.24) is 9.29 Å². The van der Waals surface area contributed by atoms with Crippen LogP contribution in [0.3, 0.4) is 0 Å². The molecule has 0 aliphatic rings. The van der Waals surface area contributed by atoms with Crippen LogP contribution >= 0.6 is 0 Å². The zero-order valence-electron chi connectivity index (χ0n) is 13.5. The molecular weight excluding hydrogens is 324 g/mol. The van der Waals surface area contributed by atoms with Gasteiger partial charge < -0.3 is 4.74 Å². The number of nitrogens with zero attached hydrogens (tertiary/aromatic N) is 2. The Balaban J connectivity index is 1.96. The first-order valence-electron chi connectivity index (χ1n) is 7.46. The van der Waals surface area contributed by atoms with Crippen LogP contribution in [0.4, 0.5) is 0 Å². The molecule has 0 N–H and O–H groups in total. The molecule has 0 saturated carbocycles. The largest absolute Gasteiger partial charge is 0.497 e. The van der Waals surface area contributed by atoms with E-state index in [2.05, 4.69) is 4.98 Å². The molecule has 0 spiro atoms. The molecule has 5 nitrogen and oxygen atoms in total. The smallest absolute Gasteiger partial charge is 0.203 e. The van der Waals surface area contributed by atoms with Gasteiger partial charge in [-0.05, 0) is 34.9 Å². The summed E-state index contributed by atoms with van der Waals surface area (Å²) in [6, 6.07) is 15.7. The Bertz CT molecular complexity index is 929. The zero-order valence-corrected chi connectivity index (χ0v) is 14.4. The van der Waals surface area contributed by atoms with Gasteiger partial charge in [0.05, 0.1) is 12.6 Å². The van der Waals surface area contributed by atoms with Gasteiger partial charge >= 0.3 is 0 Å². The molecule has 0 bridgehead atoms. The van der Waals surface area contributed by atoms with Gasteiger partial charge in [0, 0.05) is 31.2 Å². The Morgan fingerprint density at radius 3 is 2.50 bits per heavy atom. The van der Waals surface area contributed by atoms with Gasteiger partial charge in [0.15, 0.2) is 0 Å². The number of pyridine rings is 1. The van der Waals surface area contributed by atoms with Crippen LogP contribution in [-0.4, -0.2) is 31.9 Å². The third-order valence-electron chi connectivity index (χ3n) is 3.91. The molecule has 0 aliphatic carbocycles. The fourth-order valence-electron chi connectivity index (χ4n) is 2.62. The quantitative estimate of drug-likeness (QED) is 0.725. The number of thiol groups is 1. The monoisotopic (exact) mass is 342 g/mol. The van der Waals surface area contributed by atoms with E-state index in [1.54, 1.807) is 20.4 Å². The lowest BCUT2D eigenvalue weighted by molar-refractivity contribution is 0.415. The van der Waals surface area contributed by atoms with Gasteiger partial charge in [0.1, 0.15) is 5.75 Å². The van der Waals surface area contributed by atoms with Crippen LogP contribution in [-0.2, 0) is 17.4 Å². The molecular formula is C18H18N2O3S. The molecule has 0 aliphatic heterocycles. The average molecular weight is 342 g/mol. The van der Waals surface area contributed by atoms with Crippen molar-refractivity contribution in [3.8, 4) is 16.9 Å². The molecule has 0 unspecified atom stereocenters. The van der Waals surface area contributed by atoms with Crippen LogP contribution in [0.1, 0.15) is 5.56 Å².